The highest BCUT2D eigenvalue weighted by Gasteiger charge is 2.27. The summed E-state index contributed by atoms with van der Waals surface area (Å²) in [5.74, 6) is 0.357. The van der Waals surface area contributed by atoms with Crippen molar-refractivity contribution >= 4 is 27.8 Å². The lowest BCUT2D eigenvalue weighted by Crippen LogP contribution is -2.37. The maximum Gasteiger partial charge on any atom is 0.311 e. The number of hydrogen-bond donors (Lipinski definition) is 1. The maximum atomic E-state index is 12.0. The minimum absolute atomic E-state index is 0.0297. The van der Waals surface area contributed by atoms with Crippen molar-refractivity contribution in [1.82, 2.24) is 5.32 Å². The van der Waals surface area contributed by atoms with E-state index in [4.69, 9.17) is 14.2 Å². The standard InChI is InChI=1S/C16H20BrNO5/c1-9(16(20)18-11-4-5-11)23-15(19)7-10-6-13(21-2)14(22-3)8-12(10)17/h6,8-9,11H,4-5,7H2,1-3H3,(H,18,20)/t9-/m1/s1. The summed E-state index contributed by atoms with van der Waals surface area (Å²) in [4.78, 5) is 23.8. The summed E-state index contributed by atoms with van der Waals surface area (Å²) >= 11 is 3.39. The van der Waals surface area contributed by atoms with Gasteiger partial charge in [0, 0.05) is 10.5 Å². The first kappa shape index (κ1) is 17.6. The summed E-state index contributed by atoms with van der Waals surface area (Å²) in [6.07, 6.45) is 1.21. The number of esters is 1. The molecule has 0 aromatic heterocycles. The molecular formula is C16H20BrNO5. The van der Waals surface area contributed by atoms with E-state index in [-0.39, 0.29) is 18.4 Å². The molecule has 2 rings (SSSR count). The first-order valence-corrected chi connectivity index (χ1v) is 8.14. The number of carbonyl (C=O) groups is 2. The average molecular weight is 386 g/mol. The van der Waals surface area contributed by atoms with Crippen LogP contribution >= 0.6 is 15.9 Å². The zero-order valence-corrected chi connectivity index (χ0v) is 14.9. The number of rotatable bonds is 7. The molecule has 1 aliphatic rings. The van der Waals surface area contributed by atoms with E-state index in [1.165, 1.54) is 7.11 Å². The van der Waals surface area contributed by atoms with Gasteiger partial charge in [0.1, 0.15) is 0 Å². The van der Waals surface area contributed by atoms with Gasteiger partial charge in [-0.2, -0.15) is 0 Å². The molecule has 1 N–H and O–H groups in total. The first-order chi connectivity index (χ1) is 10.9. The predicted octanol–water partition coefficient (Wildman–Crippen LogP) is 2.22. The first-order valence-electron chi connectivity index (χ1n) is 7.34. The van der Waals surface area contributed by atoms with E-state index in [2.05, 4.69) is 21.2 Å². The molecule has 0 radical (unpaired) electrons. The zero-order chi connectivity index (χ0) is 17.0. The highest BCUT2D eigenvalue weighted by molar-refractivity contribution is 9.10. The summed E-state index contributed by atoms with van der Waals surface area (Å²) in [5, 5.41) is 2.81. The van der Waals surface area contributed by atoms with Gasteiger partial charge < -0.3 is 19.5 Å². The average Bonchev–Trinajstić information content (AvgIpc) is 3.32. The fraction of sp³-hybridized carbons (Fsp3) is 0.500. The van der Waals surface area contributed by atoms with Crippen molar-refractivity contribution in [1.29, 1.82) is 0 Å². The molecule has 1 fully saturated rings. The van der Waals surface area contributed by atoms with Gasteiger partial charge in [-0.15, -0.1) is 0 Å². The summed E-state index contributed by atoms with van der Waals surface area (Å²) in [7, 11) is 3.07. The Labute approximate surface area is 143 Å². The molecule has 23 heavy (non-hydrogen) atoms. The van der Waals surface area contributed by atoms with Crippen molar-refractivity contribution < 1.29 is 23.8 Å². The van der Waals surface area contributed by atoms with E-state index >= 15 is 0 Å². The van der Waals surface area contributed by atoms with Gasteiger partial charge in [0.05, 0.1) is 20.6 Å². The van der Waals surface area contributed by atoms with Gasteiger partial charge >= 0.3 is 5.97 Å². The van der Waals surface area contributed by atoms with Crippen molar-refractivity contribution in [2.45, 2.75) is 38.3 Å². The molecule has 6 nitrogen and oxygen atoms in total. The third-order valence-electron chi connectivity index (χ3n) is 3.49. The van der Waals surface area contributed by atoms with Crippen molar-refractivity contribution in [3.05, 3.63) is 22.2 Å². The van der Waals surface area contributed by atoms with Gasteiger partial charge in [0.15, 0.2) is 17.6 Å². The minimum atomic E-state index is -0.804. The monoisotopic (exact) mass is 385 g/mol. The van der Waals surface area contributed by atoms with Crippen LogP contribution in [0.15, 0.2) is 16.6 Å². The number of ether oxygens (including phenoxy) is 3. The van der Waals surface area contributed by atoms with Crippen LogP contribution in [0.25, 0.3) is 0 Å². The van der Waals surface area contributed by atoms with Gasteiger partial charge in [-0.05, 0) is 37.5 Å². The number of nitrogens with one attached hydrogen (secondary N) is 1. The predicted molar refractivity (Wildman–Crippen MR) is 87.7 cm³/mol. The number of hydrogen-bond acceptors (Lipinski definition) is 5. The molecule has 1 aromatic rings. The van der Waals surface area contributed by atoms with Crippen molar-refractivity contribution in [3.63, 3.8) is 0 Å². The SMILES string of the molecule is COc1cc(Br)c(CC(=O)O[C@H](C)C(=O)NC2CC2)cc1OC. The van der Waals surface area contributed by atoms with E-state index in [0.29, 0.717) is 21.5 Å². The van der Waals surface area contributed by atoms with Crippen molar-refractivity contribution in [2.75, 3.05) is 14.2 Å². The number of methoxy groups -OCH3 is 2. The Balaban J connectivity index is 1.97. The molecule has 0 aliphatic heterocycles. The third-order valence-corrected chi connectivity index (χ3v) is 4.23. The Morgan fingerprint density at radius 1 is 1.26 bits per heavy atom. The lowest BCUT2D eigenvalue weighted by molar-refractivity contribution is -0.154. The van der Waals surface area contributed by atoms with Crippen LogP contribution in [0, 0.1) is 0 Å². The molecular weight excluding hydrogens is 366 g/mol. The summed E-state index contributed by atoms with van der Waals surface area (Å²) in [5.41, 5.74) is 0.697. The van der Waals surface area contributed by atoms with Gasteiger partial charge in [-0.1, -0.05) is 15.9 Å². The van der Waals surface area contributed by atoms with Crippen LogP contribution in [-0.2, 0) is 20.7 Å². The van der Waals surface area contributed by atoms with Crippen LogP contribution in [0.2, 0.25) is 0 Å². The van der Waals surface area contributed by atoms with E-state index < -0.39 is 12.1 Å². The molecule has 0 bridgehead atoms. The number of carbonyl (C=O) groups excluding carboxylic acids is 2. The smallest absolute Gasteiger partial charge is 0.311 e. The Kier molecular flexibility index (Phi) is 5.87. The van der Waals surface area contributed by atoms with Gasteiger partial charge in [0.25, 0.3) is 5.91 Å². The Morgan fingerprint density at radius 3 is 2.43 bits per heavy atom. The molecule has 0 unspecified atom stereocenters. The van der Waals surface area contributed by atoms with Crippen LogP contribution in [0.3, 0.4) is 0 Å². The Hall–Kier alpha value is -1.76. The van der Waals surface area contributed by atoms with Gasteiger partial charge in [-0.3, -0.25) is 9.59 Å². The highest BCUT2D eigenvalue weighted by atomic mass is 79.9. The minimum Gasteiger partial charge on any atom is -0.493 e. The summed E-state index contributed by atoms with van der Waals surface area (Å²) in [6.45, 7) is 1.57. The van der Waals surface area contributed by atoms with Crippen molar-refractivity contribution in [2.24, 2.45) is 0 Å². The lowest BCUT2D eigenvalue weighted by atomic mass is 10.1. The zero-order valence-electron chi connectivity index (χ0n) is 13.3. The highest BCUT2D eigenvalue weighted by Crippen LogP contribution is 2.33. The van der Waals surface area contributed by atoms with Crippen LogP contribution in [-0.4, -0.2) is 38.2 Å². The molecule has 0 heterocycles. The van der Waals surface area contributed by atoms with E-state index in [1.54, 1.807) is 26.2 Å². The number of halogens is 1. The molecule has 1 aromatic carbocycles. The molecule has 0 spiro atoms. The van der Waals surface area contributed by atoms with Crippen LogP contribution in [0.1, 0.15) is 25.3 Å². The second-order valence-corrected chi connectivity index (χ2v) is 6.24. The molecule has 1 amide bonds. The normalized spacial score (nSPS) is 14.8. The van der Waals surface area contributed by atoms with Crippen molar-refractivity contribution in [3.8, 4) is 11.5 Å². The second-order valence-electron chi connectivity index (χ2n) is 5.39. The van der Waals surface area contributed by atoms with Crippen LogP contribution < -0.4 is 14.8 Å². The largest absolute Gasteiger partial charge is 0.493 e. The van der Waals surface area contributed by atoms with Gasteiger partial charge in [0.2, 0.25) is 0 Å². The third kappa shape index (κ3) is 4.86. The van der Waals surface area contributed by atoms with E-state index in [0.717, 1.165) is 12.8 Å². The quantitative estimate of drug-likeness (QED) is 0.728. The Morgan fingerprint density at radius 2 is 1.87 bits per heavy atom. The molecule has 1 aliphatic carbocycles. The lowest BCUT2D eigenvalue weighted by Gasteiger charge is -2.15. The Bertz CT molecular complexity index is 600. The fourth-order valence-corrected chi connectivity index (χ4v) is 2.49. The fourth-order valence-electron chi connectivity index (χ4n) is 2.03. The number of amides is 1. The molecule has 1 saturated carbocycles. The van der Waals surface area contributed by atoms with Crippen LogP contribution in [0.5, 0.6) is 11.5 Å². The number of benzene rings is 1. The summed E-state index contributed by atoms with van der Waals surface area (Å²) in [6, 6.07) is 3.67. The molecule has 1 atom stereocenters. The molecule has 0 saturated heterocycles. The van der Waals surface area contributed by atoms with E-state index in [9.17, 15) is 9.59 Å². The molecule has 7 heteroatoms. The second kappa shape index (κ2) is 7.68. The topological polar surface area (TPSA) is 73.9 Å². The van der Waals surface area contributed by atoms with E-state index in [1.807, 2.05) is 0 Å². The summed E-state index contributed by atoms with van der Waals surface area (Å²) < 4.78 is 16.3. The molecule has 126 valence electrons. The maximum absolute atomic E-state index is 12.0. The van der Waals surface area contributed by atoms with Crippen LogP contribution in [0.4, 0.5) is 0 Å². The van der Waals surface area contributed by atoms with Gasteiger partial charge in [-0.25, -0.2) is 0 Å².